The second-order valence-electron chi connectivity index (χ2n) is 5.95. The minimum absolute atomic E-state index is 0. The highest BCUT2D eigenvalue weighted by Crippen LogP contribution is 2.22. The zero-order chi connectivity index (χ0) is 18.1. The lowest BCUT2D eigenvalue weighted by Gasteiger charge is -2.10. The summed E-state index contributed by atoms with van der Waals surface area (Å²) in [6, 6.07) is 9.13. The largest absolute Gasteiger partial charge is 0.508 e. The quantitative estimate of drug-likeness (QED) is 0.306. The molecule has 0 amide bonds. The molecule has 0 saturated carbocycles. The van der Waals surface area contributed by atoms with Gasteiger partial charge in [-0.3, -0.25) is 0 Å². The smallest absolute Gasteiger partial charge is 0.191 e. The number of phenols is 1. The van der Waals surface area contributed by atoms with Crippen LogP contribution in [0.15, 0.2) is 39.8 Å². The van der Waals surface area contributed by atoms with Crippen molar-refractivity contribution >= 4 is 29.9 Å². The normalized spacial score (nSPS) is 11.3. The Morgan fingerprint density at radius 1 is 1.19 bits per heavy atom. The van der Waals surface area contributed by atoms with Gasteiger partial charge in [-0.1, -0.05) is 31.1 Å². The molecule has 0 bridgehead atoms. The molecule has 2 rings (SSSR count). The van der Waals surface area contributed by atoms with Crippen molar-refractivity contribution in [3.63, 3.8) is 0 Å². The zero-order valence-corrected chi connectivity index (χ0v) is 18.0. The first kappa shape index (κ1) is 22.3. The van der Waals surface area contributed by atoms with Crippen molar-refractivity contribution in [1.82, 2.24) is 15.8 Å². The van der Waals surface area contributed by atoms with Crippen molar-refractivity contribution in [1.29, 1.82) is 0 Å². The van der Waals surface area contributed by atoms with E-state index < -0.39 is 0 Å². The van der Waals surface area contributed by atoms with Gasteiger partial charge in [-0.05, 0) is 37.5 Å². The Bertz CT molecular complexity index is 684. The van der Waals surface area contributed by atoms with Gasteiger partial charge in [-0.15, -0.1) is 24.0 Å². The minimum atomic E-state index is 0. The number of nitrogens with one attached hydrogen (secondary N) is 2. The number of halogens is 1. The van der Waals surface area contributed by atoms with Crippen molar-refractivity contribution in [3.05, 3.63) is 47.3 Å². The molecule has 1 heterocycles. The van der Waals surface area contributed by atoms with E-state index in [1.165, 1.54) is 0 Å². The number of benzene rings is 1. The summed E-state index contributed by atoms with van der Waals surface area (Å²) in [4.78, 5) is 4.54. The van der Waals surface area contributed by atoms with Crippen LogP contribution in [0.25, 0.3) is 0 Å². The number of aromatic nitrogens is 1. The van der Waals surface area contributed by atoms with Crippen LogP contribution in [0.1, 0.15) is 56.5 Å². The standard InChI is InChI=1S/C19H28N4O2.HI/c1-4-15(5-2)18-11-17(25-23-18)13-22-19(20-6-3)21-12-14-8-7-9-16(24)10-14;/h7-11,15,24H,4-6,12-13H2,1-3H3,(H2,20,21,22);1H. The number of phenolic OH excluding ortho intramolecular Hbond substituents is 1. The summed E-state index contributed by atoms with van der Waals surface area (Å²) < 4.78 is 5.43. The monoisotopic (exact) mass is 472 g/mol. The average Bonchev–Trinajstić information content (AvgIpc) is 3.07. The van der Waals surface area contributed by atoms with E-state index in [2.05, 4.69) is 34.6 Å². The molecule has 7 heteroatoms. The Hall–Kier alpha value is -1.77. The number of aliphatic imine (C=N–C) groups is 1. The van der Waals surface area contributed by atoms with E-state index in [0.717, 1.165) is 36.4 Å². The fourth-order valence-corrected chi connectivity index (χ4v) is 2.65. The summed E-state index contributed by atoms with van der Waals surface area (Å²) in [6.45, 7) is 8.13. The molecule has 0 aliphatic heterocycles. The van der Waals surface area contributed by atoms with Crippen LogP contribution in [0.3, 0.4) is 0 Å². The number of hydrogen-bond acceptors (Lipinski definition) is 4. The van der Waals surface area contributed by atoms with Crippen molar-refractivity contribution in [2.45, 2.75) is 52.6 Å². The molecule has 2 aromatic rings. The summed E-state index contributed by atoms with van der Waals surface area (Å²) in [6.07, 6.45) is 2.12. The third kappa shape index (κ3) is 6.86. The SMILES string of the molecule is CCNC(=NCc1cccc(O)c1)NCc1cc(C(CC)CC)no1.I. The van der Waals surface area contributed by atoms with Gasteiger partial charge >= 0.3 is 0 Å². The summed E-state index contributed by atoms with van der Waals surface area (Å²) in [5.74, 6) is 2.20. The van der Waals surface area contributed by atoms with E-state index in [9.17, 15) is 5.11 Å². The molecule has 0 unspecified atom stereocenters. The fourth-order valence-electron chi connectivity index (χ4n) is 2.65. The van der Waals surface area contributed by atoms with Crippen molar-refractivity contribution in [2.75, 3.05) is 6.54 Å². The van der Waals surface area contributed by atoms with Crippen LogP contribution < -0.4 is 10.6 Å². The van der Waals surface area contributed by atoms with Gasteiger partial charge in [0.25, 0.3) is 0 Å². The molecule has 3 N–H and O–H groups in total. The molecule has 0 aliphatic carbocycles. The molecule has 0 saturated heterocycles. The summed E-state index contributed by atoms with van der Waals surface area (Å²) in [5.41, 5.74) is 1.97. The lowest BCUT2D eigenvalue weighted by atomic mass is 9.99. The van der Waals surface area contributed by atoms with E-state index in [0.29, 0.717) is 25.0 Å². The summed E-state index contributed by atoms with van der Waals surface area (Å²) >= 11 is 0. The van der Waals surface area contributed by atoms with Crippen molar-refractivity contribution in [3.8, 4) is 5.75 Å². The predicted molar refractivity (Wildman–Crippen MR) is 115 cm³/mol. The zero-order valence-electron chi connectivity index (χ0n) is 15.7. The Labute approximate surface area is 172 Å². The second-order valence-corrected chi connectivity index (χ2v) is 5.95. The van der Waals surface area contributed by atoms with Crippen LogP contribution in [0, 0.1) is 0 Å². The first-order chi connectivity index (χ1) is 12.2. The Balaban J connectivity index is 0.00000338. The molecular weight excluding hydrogens is 443 g/mol. The summed E-state index contributed by atoms with van der Waals surface area (Å²) in [5, 5.41) is 20.2. The molecular formula is C19H29IN4O2. The summed E-state index contributed by atoms with van der Waals surface area (Å²) in [7, 11) is 0. The highest BCUT2D eigenvalue weighted by Gasteiger charge is 2.13. The maximum atomic E-state index is 9.52. The number of aromatic hydroxyl groups is 1. The van der Waals surface area contributed by atoms with E-state index in [1.807, 2.05) is 25.1 Å². The van der Waals surface area contributed by atoms with E-state index in [1.54, 1.807) is 12.1 Å². The van der Waals surface area contributed by atoms with Crippen molar-refractivity contribution in [2.24, 2.45) is 4.99 Å². The van der Waals surface area contributed by atoms with Crippen LogP contribution in [0.2, 0.25) is 0 Å². The maximum Gasteiger partial charge on any atom is 0.191 e. The third-order valence-electron chi connectivity index (χ3n) is 4.09. The van der Waals surface area contributed by atoms with Crippen LogP contribution in [-0.2, 0) is 13.1 Å². The molecule has 144 valence electrons. The molecule has 0 spiro atoms. The van der Waals surface area contributed by atoms with Crippen LogP contribution in [0.5, 0.6) is 5.75 Å². The minimum Gasteiger partial charge on any atom is -0.508 e. The highest BCUT2D eigenvalue weighted by atomic mass is 127. The molecule has 0 atom stereocenters. The number of nitrogens with zero attached hydrogens (tertiary/aromatic N) is 2. The van der Waals surface area contributed by atoms with Crippen LogP contribution in [0.4, 0.5) is 0 Å². The van der Waals surface area contributed by atoms with Gasteiger partial charge in [0.05, 0.1) is 18.8 Å². The first-order valence-corrected chi connectivity index (χ1v) is 8.91. The van der Waals surface area contributed by atoms with E-state index in [4.69, 9.17) is 4.52 Å². The van der Waals surface area contributed by atoms with Crippen molar-refractivity contribution < 1.29 is 9.63 Å². The van der Waals surface area contributed by atoms with Gasteiger partial charge in [-0.25, -0.2) is 4.99 Å². The van der Waals surface area contributed by atoms with Gasteiger partial charge in [0.2, 0.25) is 0 Å². The second kappa shape index (κ2) is 11.8. The molecule has 0 aliphatic rings. The number of hydrogen-bond donors (Lipinski definition) is 3. The topological polar surface area (TPSA) is 82.7 Å². The number of guanidine groups is 1. The molecule has 6 nitrogen and oxygen atoms in total. The van der Waals surface area contributed by atoms with Gasteiger partial charge in [0.1, 0.15) is 5.75 Å². The lowest BCUT2D eigenvalue weighted by molar-refractivity contribution is 0.368. The van der Waals surface area contributed by atoms with Gasteiger partial charge in [-0.2, -0.15) is 0 Å². The lowest BCUT2D eigenvalue weighted by Crippen LogP contribution is -2.36. The highest BCUT2D eigenvalue weighted by molar-refractivity contribution is 14.0. The predicted octanol–water partition coefficient (Wildman–Crippen LogP) is 4.16. The van der Waals surface area contributed by atoms with Crippen LogP contribution >= 0.6 is 24.0 Å². The first-order valence-electron chi connectivity index (χ1n) is 8.91. The Morgan fingerprint density at radius 3 is 2.62 bits per heavy atom. The third-order valence-corrected chi connectivity index (χ3v) is 4.09. The Morgan fingerprint density at radius 2 is 1.96 bits per heavy atom. The fraction of sp³-hybridized carbons (Fsp3) is 0.474. The molecule has 26 heavy (non-hydrogen) atoms. The van der Waals surface area contributed by atoms with Gasteiger partial charge < -0.3 is 20.3 Å². The van der Waals surface area contributed by atoms with Gasteiger partial charge in [0.15, 0.2) is 11.7 Å². The van der Waals surface area contributed by atoms with E-state index in [-0.39, 0.29) is 29.7 Å². The average molecular weight is 472 g/mol. The Kier molecular flexibility index (Phi) is 10.1. The van der Waals surface area contributed by atoms with Gasteiger partial charge in [0, 0.05) is 18.5 Å². The number of rotatable bonds is 8. The maximum absolute atomic E-state index is 9.52. The molecule has 1 aromatic heterocycles. The van der Waals surface area contributed by atoms with E-state index >= 15 is 0 Å². The molecule has 1 aromatic carbocycles. The van der Waals surface area contributed by atoms with Crippen LogP contribution in [-0.4, -0.2) is 22.8 Å². The molecule has 0 fully saturated rings. The molecule has 0 radical (unpaired) electrons.